The number of anilines is 2. The minimum atomic E-state index is 0.160. The van der Waals surface area contributed by atoms with Crippen LogP contribution in [0.1, 0.15) is 119 Å². The van der Waals surface area contributed by atoms with Crippen molar-refractivity contribution in [1.29, 1.82) is 0 Å². The molecule has 4 aliphatic rings. The zero-order valence-electron chi connectivity index (χ0n) is 26.2. The zero-order chi connectivity index (χ0) is 28.2. The van der Waals surface area contributed by atoms with Crippen LogP contribution < -0.4 is 16.2 Å². The van der Waals surface area contributed by atoms with Crippen molar-refractivity contribution in [3.05, 3.63) is 29.8 Å². The molecule has 0 amide bonds. The highest BCUT2D eigenvalue weighted by Gasteiger charge is 2.64. The third kappa shape index (κ3) is 4.82. The lowest BCUT2D eigenvalue weighted by Crippen LogP contribution is -2.60. The number of hydrogen-bond acceptors (Lipinski definition) is 3. The van der Waals surface area contributed by atoms with E-state index >= 15 is 0 Å². The Morgan fingerprint density at radius 2 is 1.69 bits per heavy atom. The molecule has 5 rings (SSSR count). The summed E-state index contributed by atoms with van der Waals surface area (Å²) >= 11 is 0. The van der Waals surface area contributed by atoms with Crippen LogP contribution in [-0.4, -0.2) is 6.10 Å². The molecule has 4 saturated carbocycles. The Kier molecular flexibility index (Phi) is 7.88. The standard InChI is InChI=1S/C36H58N2O/c1-8-34(5)32-17-13-26-28-15-14-27(24(4)11-9-10-23(2)3)35(28,6)20-18-29(26)36(32,7)21-19-33(34)39-31-22-25(37)12-16-30(31)38/h10,12,16,22,24,26-29,32-33H,8-9,11,13-15,17-21,37-38H2,1-7H3. The number of fused-ring (bicyclic) bond motifs is 5. The molecule has 39 heavy (non-hydrogen) atoms. The van der Waals surface area contributed by atoms with E-state index < -0.39 is 0 Å². The summed E-state index contributed by atoms with van der Waals surface area (Å²) < 4.78 is 6.77. The molecule has 3 nitrogen and oxygen atoms in total. The van der Waals surface area contributed by atoms with E-state index in [1.807, 2.05) is 18.2 Å². The molecule has 4 fully saturated rings. The molecule has 0 aromatic heterocycles. The van der Waals surface area contributed by atoms with E-state index in [-0.39, 0.29) is 11.5 Å². The molecule has 0 saturated heterocycles. The molecule has 4 aliphatic carbocycles. The highest BCUT2D eigenvalue weighted by molar-refractivity contribution is 5.59. The second-order valence-corrected chi connectivity index (χ2v) is 15.4. The molecule has 0 bridgehead atoms. The number of nitrogens with two attached hydrogens (primary N) is 2. The van der Waals surface area contributed by atoms with E-state index in [1.54, 1.807) is 0 Å². The molecule has 0 aliphatic heterocycles. The smallest absolute Gasteiger partial charge is 0.144 e. The van der Waals surface area contributed by atoms with Gasteiger partial charge in [-0.05, 0) is 143 Å². The second-order valence-electron chi connectivity index (χ2n) is 15.4. The Morgan fingerprint density at radius 3 is 2.41 bits per heavy atom. The van der Waals surface area contributed by atoms with Crippen molar-refractivity contribution in [2.75, 3.05) is 11.5 Å². The zero-order valence-corrected chi connectivity index (χ0v) is 26.2. The Balaban J connectivity index is 1.34. The highest BCUT2D eigenvalue weighted by Crippen LogP contribution is 2.71. The topological polar surface area (TPSA) is 61.3 Å². The molecular formula is C36H58N2O. The predicted molar refractivity (Wildman–Crippen MR) is 167 cm³/mol. The van der Waals surface area contributed by atoms with Gasteiger partial charge in [0, 0.05) is 17.2 Å². The Morgan fingerprint density at radius 1 is 0.974 bits per heavy atom. The van der Waals surface area contributed by atoms with E-state index in [4.69, 9.17) is 16.2 Å². The summed E-state index contributed by atoms with van der Waals surface area (Å²) in [7, 11) is 0. The van der Waals surface area contributed by atoms with Gasteiger partial charge in [0.05, 0.1) is 5.69 Å². The fraction of sp³-hybridized carbons (Fsp3) is 0.778. The van der Waals surface area contributed by atoms with Crippen LogP contribution in [0, 0.1) is 51.8 Å². The number of ether oxygens (including phenoxy) is 1. The second kappa shape index (κ2) is 10.6. The van der Waals surface area contributed by atoms with Gasteiger partial charge < -0.3 is 16.2 Å². The van der Waals surface area contributed by atoms with Gasteiger partial charge in [0.25, 0.3) is 0 Å². The summed E-state index contributed by atoms with van der Waals surface area (Å²) in [6.07, 6.45) is 17.4. The van der Waals surface area contributed by atoms with Crippen LogP contribution >= 0.6 is 0 Å². The first-order valence-corrected chi connectivity index (χ1v) is 16.4. The highest BCUT2D eigenvalue weighted by atomic mass is 16.5. The van der Waals surface area contributed by atoms with Gasteiger partial charge in [-0.3, -0.25) is 0 Å². The van der Waals surface area contributed by atoms with E-state index in [9.17, 15) is 0 Å². The maximum Gasteiger partial charge on any atom is 0.144 e. The van der Waals surface area contributed by atoms with Gasteiger partial charge in [0.2, 0.25) is 0 Å². The van der Waals surface area contributed by atoms with Crippen molar-refractivity contribution in [2.45, 2.75) is 125 Å². The number of nitrogen functional groups attached to an aromatic ring is 2. The molecule has 10 unspecified atom stereocenters. The fourth-order valence-electron chi connectivity index (χ4n) is 11.2. The molecular weight excluding hydrogens is 476 g/mol. The first kappa shape index (κ1) is 28.9. The normalized spacial score (nSPS) is 42.1. The lowest BCUT2D eigenvalue weighted by Gasteiger charge is -2.65. The van der Waals surface area contributed by atoms with Crippen LogP contribution in [0.4, 0.5) is 11.4 Å². The Labute approximate surface area is 239 Å². The van der Waals surface area contributed by atoms with Crippen LogP contribution in [0.25, 0.3) is 0 Å². The monoisotopic (exact) mass is 534 g/mol. The fourth-order valence-corrected chi connectivity index (χ4v) is 11.2. The molecule has 3 heteroatoms. The average Bonchev–Trinajstić information content (AvgIpc) is 3.25. The lowest BCUT2D eigenvalue weighted by atomic mass is 9.40. The maximum absolute atomic E-state index is 6.77. The minimum Gasteiger partial charge on any atom is -0.488 e. The summed E-state index contributed by atoms with van der Waals surface area (Å²) in [6.45, 7) is 17.4. The van der Waals surface area contributed by atoms with Crippen LogP contribution in [0.5, 0.6) is 5.75 Å². The van der Waals surface area contributed by atoms with Crippen molar-refractivity contribution < 1.29 is 4.74 Å². The van der Waals surface area contributed by atoms with Gasteiger partial charge in [-0.25, -0.2) is 0 Å². The summed E-state index contributed by atoms with van der Waals surface area (Å²) in [6, 6.07) is 5.69. The average molecular weight is 535 g/mol. The summed E-state index contributed by atoms with van der Waals surface area (Å²) in [5.41, 5.74) is 16.5. The van der Waals surface area contributed by atoms with Crippen LogP contribution in [-0.2, 0) is 0 Å². The lowest BCUT2D eigenvalue weighted by molar-refractivity contribution is -0.180. The van der Waals surface area contributed by atoms with E-state index in [1.165, 1.54) is 63.4 Å². The SMILES string of the molecule is CCC1(C)C(Oc2cc(N)ccc2N)CCC2(C)C3CCC4(C)C(C(C)CCC=C(C)C)CCC4C3CCC12. The molecule has 218 valence electrons. The van der Waals surface area contributed by atoms with E-state index in [2.05, 4.69) is 54.5 Å². The minimum absolute atomic E-state index is 0.160. The Hall–Kier alpha value is -1.64. The predicted octanol–water partition coefficient (Wildman–Crippen LogP) is 9.67. The van der Waals surface area contributed by atoms with Crippen LogP contribution in [0.2, 0.25) is 0 Å². The molecule has 0 spiro atoms. The van der Waals surface area contributed by atoms with Gasteiger partial charge in [-0.15, -0.1) is 0 Å². The summed E-state index contributed by atoms with van der Waals surface area (Å²) in [5, 5.41) is 0. The molecule has 10 atom stereocenters. The van der Waals surface area contributed by atoms with Gasteiger partial charge in [-0.2, -0.15) is 0 Å². The number of hydrogen-bond donors (Lipinski definition) is 2. The van der Waals surface area contributed by atoms with Gasteiger partial charge in [0.1, 0.15) is 11.9 Å². The largest absolute Gasteiger partial charge is 0.488 e. The van der Waals surface area contributed by atoms with Crippen molar-refractivity contribution in [3.63, 3.8) is 0 Å². The van der Waals surface area contributed by atoms with Gasteiger partial charge in [0.15, 0.2) is 0 Å². The molecule has 4 N–H and O–H groups in total. The number of allylic oxidation sites excluding steroid dienone is 2. The third-order valence-corrected chi connectivity index (χ3v) is 13.3. The van der Waals surface area contributed by atoms with Crippen molar-refractivity contribution >= 4 is 11.4 Å². The van der Waals surface area contributed by atoms with E-state index in [0.29, 0.717) is 22.4 Å². The van der Waals surface area contributed by atoms with Crippen molar-refractivity contribution in [2.24, 2.45) is 51.8 Å². The molecule has 0 heterocycles. The quantitative estimate of drug-likeness (QED) is 0.270. The molecule has 0 radical (unpaired) electrons. The third-order valence-electron chi connectivity index (χ3n) is 13.3. The first-order chi connectivity index (χ1) is 18.4. The Bertz CT molecular complexity index is 1060. The van der Waals surface area contributed by atoms with Gasteiger partial charge >= 0.3 is 0 Å². The number of rotatable bonds is 7. The first-order valence-electron chi connectivity index (χ1n) is 16.4. The molecule has 1 aromatic rings. The summed E-state index contributed by atoms with van der Waals surface area (Å²) in [4.78, 5) is 0. The van der Waals surface area contributed by atoms with Gasteiger partial charge in [-0.1, -0.05) is 46.3 Å². The van der Waals surface area contributed by atoms with Crippen LogP contribution in [0.15, 0.2) is 29.8 Å². The van der Waals surface area contributed by atoms with Crippen LogP contribution in [0.3, 0.4) is 0 Å². The van der Waals surface area contributed by atoms with Crippen molar-refractivity contribution in [3.8, 4) is 5.75 Å². The maximum atomic E-state index is 6.77. The van der Waals surface area contributed by atoms with Crippen molar-refractivity contribution in [1.82, 2.24) is 0 Å². The summed E-state index contributed by atoms with van der Waals surface area (Å²) in [5.74, 6) is 5.96. The molecule has 1 aromatic carbocycles. The van der Waals surface area contributed by atoms with E-state index in [0.717, 1.165) is 53.9 Å². The number of benzene rings is 1.